The molecule has 7 heteroatoms. The Kier molecular flexibility index (Phi) is 8.19. The molecule has 2 aliphatic heterocycles. The number of imide groups is 1. The van der Waals surface area contributed by atoms with Crippen LogP contribution in [0.5, 0.6) is 5.75 Å². The molecule has 0 N–H and O–H groups in total. The Morgan fingerprint density at radius 3 is 2.13 bits per heavy atom. The Hall–Kier alpha value is -2.90. The van der Waals surface area contributed by atoms with E-state index < -0.39 is 29.7 Å². The second-order valence-electron chi connectivity index (χ2n) is 12.2. The standard InChI is InChI=1S/C31H42N2O5/c1-29(2)19-13-20-30(3,4)33(29)38-25(18-21-36-24-16-11-8-12-17-24)27(34)32-26(31(5,6)37-28(32)35)22-23-14-9-7-10-15-23/h7-12,14-17,25-26H,13,18-22H2,1-6H3/t25-,26-/m0/s1. The molecule has 2 amide bonds. The minimum atomic E-state index is -0.907. The average molecular weight is 523 g/mol. The van der Waals surface area contributed by atoms with Gasteiger partial charge in [-0.05, 0) is 84.9 Å². The van der Waals surface area contributed by atoms with E-state index in [1.165, 1.54) is 4.90 Å². The van der Waals surface area contributed by atoms with Gasteiger partial charge in [-0.1, -0.05) is 48.5 Å². The number of hydrogen-bond acceptors (Lipinski definition) is 6. The predicted octanol–water partition coefficient (Wildman–Crippen LogP) is 6.17. The molecule has 0 unspecified atom stereocenters. The van der Waals surface area contributed by atoms with E-state index in [0.29, 0.717) is 12.8 Å². The summed E-state index contributed by atoms with van der Waals surface area (Å²) < 4.78 is 11.7. The molecule has 2 atom stereocenters. The molecular weight excluding hydrogens is 480 g/mol. The zero-order valence-corrected chi connectivity index (χ0v) is 23.6. The first-order valence-electron chi connectivity index (χ1n) is 13.7. The van der Waals surface area contributed by atoms with Crippen molar-refractivity contribution < 1.29 is 23.9 Å². The number of carbonyl (C=O) groups is 2. The average Bonchev–Trinajstić information content (AvgIpc) is 3.08. The fraction of sp³-hybridized carbons (Fsp3) is 0.548. The number of rotatable bonds is 9. The molecular formula is C31H42N2O5. The summed E-state index contributed by atoms with van der Waals surface area (Å²) in [5.41, 5.74) is -0.342. The van der Waals surface area contributed by atoms with E-state index in [2.05, 4.69) is 27.7 Å². The molecule has 0 aliphatic carbocycles. The van der Waals surface area contributed by atoms with Crippen LogP contribution >= 0.6 is 0 Å². The predicted molar refractivity (Wildman–Crippen MR) is 147 cm³/mol. The number of hydroxylamine groups is 2. The Morgan fingerprint density at radius 1 is 0.947 bits per heavy atom. The summed E-state index contributed by atoms with van der Waals surface area (Å²) in [7, 11) is 0. The summed E-state index contributed by atoms with van der Waals surface area (Å²) in [4.78, 5) is 35.2. The van der Waals surface area contributed by atoms with Crippen LogP contribution in [0.25, 0.3) is 0 Å². The maximum atomic E-state index is 14.2. The fourth-order valence-electron chi connectivity index (χ4n) is 5.76. The molecule has 0 radical (unpaired) electrons. The van der Waals surface area contributed by atoms with Crippen LogP contribution in [0.3, 0.4) is 0 Å². The van der Waals surface area contributed by atoms with Crippen molar-refractivity contribution in [2.75, 3.05) is 6.61 Å². The number of amides is 2. The molecule has 2 aliphatic rings. The quantitative estimate of drug-likeness (QED) is 0.392. The van der Waals surface area contributed by atoms with Gasteiger partial charge in [-0.2, -0.15) is 5.06 Å². The van der Waals surface area contributed by atoms with Crippen LogP contribution in [0, 0.1) is 0 Å². The minimum Gasteiger partial charge on any atom is -0.493 e. The van der Waals surface area contributed by atoms with Crippen molar-refractivity contribution in [1.82, 2.24) is 9.96 Å². The fourth-order valence-corrected chi connectivity index (χ4v) is 5.76. The third kappa shape index (κ3) is 6.21. The molecule has 2 saturated heterocycles. The lowest BCUT2D eigenvalue weighted by Crippen LogP contribution is -2.61. The normalized spacial score (nSPS) is 23.1. The molecule has 2 heterocycles. The van der Waals surface area contributed by atoms with E-state index in [9.17, 15) is 9.59 Å². The zero-order chi connectivity index (χ0) is 27.6. The summed E-state index contributed by atoms with van der Waals surface area (Å²) in [6.45, 7) is 12.5. The van der Waals surface area contributed by atoms with Gasteiger partial charge >= 0.3 is 6.09 Å². The van der Waals surface area contributed by atoms with Crippen molar-refractivity contribution in [3.05, 3.63) is 66.2 Å². The number of para-hydroxylation sites is 1. The zero-order valence-electron chi connectivity index (χ0n) is 23.6. The second kappa shape index (κ2) is 11.1. The van der Waals surface area contributed by atoms with Crippen LogP contribution in [-0.4, -0.2) is 57.4 Å². The van der Waals surface area contributed by atoms with Crippen molar-refractivity contribution >= 4 is 12.0 Å². The van der Waals surface area contributed by atoms with Gasteiger partial charge in [-0.25, -0.2) is 9.69 Å². The van der Waals surface area contributed by atoms with E-state index in [1.54, 1.807) is 0 Å². The lowest BCUT2D eigenvalue weighted by molar-refractivity contribution is -0.301. The molecule has 2 aromatic rings. The molecule has 2 fully saturated rings. The van der Waals surface area contributed by atoms with Gasteiger partial charge in [0.2, 0.25) is 0 Å². The van der Waals surface area contributed by atoms with Gasteiger partial charge < -0.3 is 9.47 Å². The maximum Gasteiger partial charge on any atom is 0.417 e. The summed E-state index contributed by atoms with van der Waals surface area (Å²) in [5, 5.41) is 1.98. The number of hydrogen-bond donors (Lipinski definition) is 0. The van der Waals surface area contributed by atoms with Crippen LogP contribution in [0.1, 0.15) is 72.8 Å². The van der Waals surface area contributed by atoms with Gasteiger partial charge in [0.15, 0.2) is 6.10 Å². The number of cyclic esters (lactones) is 1. The summed E-state index contributed by atoms with van der Waals surface area (Å²) in [6, 6.07) is 18.9. The molecule has 38 heavy (non-hydrogen) atoms. The van der Waals surface area contributed by atoms with Gasteiger partial charge in [-0.15, -0.1) is 0 Å². The SMILES string of the molecule is CC1(C)OC(=O)N(C(=O)[C@H](CCOc2ccccc2)ON2C(C)(C)CCCC2(C)C)[C@H]1Cc1ccccc1. The lowest BCUT2D eigenvalue weighted by atomic mass is 9.82. The molecule has 206 valence electrons. The number of nitrogens with zero attached hydrogens (tertiary/aromatic N) is 2. The third-order valence-electron chi connectivity index (χ3n) is 7.75. The number of ether oxygens (including phenoxy) is 2. The molecule has 0 aromatic heterocycles. The van der Waals surface area contributed by atoms with Crippen LogP contribution in [-0.2, 0) is 20.8 Å². The van der Waals surface area contributed by atoms with Crippen molar-refractivity contribution in [2.45, 2.75) is 102 Å². The Balaban J connectivity index is 1.61. The van der Waals surface area contributed by atoms with Gasteiger partial charge in [0.05, 0.1) is 12.6 Å². The molecule has 0 spiro atoms. The number of piperidine rings is 1. The Morgan fingerprint density at radius 2 is 1.53 bits per heavy atom. The summed E-state index contributed by atoms with van der Waals surface area (Å²) in [6.07, 6.45) is 2.24. The Bertz CT molecular complexity index is 1080. The molecule has 0 bridgehead atoms. The van der Waals surface area contributed by atoms with E-state index in [0.717, 1.165) is 30.6 Å². The highest BCUT2D eigenvalue weighted by Crippen LogP contribution is 2.40. The molecule has 7 nitrogen and oxygen atoms in total. The highest BCUT2D eigenvalue weighted by molar-refractivity contribution is 5.96. The van der Waals surface area contributed by atoms with Gasteiger partial charge in [0.1, 0.15) is 11.4 Å². The smallest absolute Gasteiger partial charge is 0.417 e. The van der Waals surface area contributed by atoms with Crippen LogP contribution in [0.4, 0.5) is 4.79 Å². The van der Waals surface area contributed by atoms with Crippen LogP contribution in [0.15, 0.2) is 60.7 Å². The van der Waals surface area contributed by atoms with E-state index in [-0.39, 0.29) is 17.7 Å². The highest BCUT2D eigenvalue weighted by atomic mass is 16.7. The first-order valence-corrected chi connectivity index (χ1v) is 13.7. The number of carbonyl (C=O) groups excluding carboxylic acids is 2. The summed E-state index contributed by atoms with van der Waals surface area (Å²) in [5.74, 6) is 0.330. The topological polar surface area (TPSA) is 68.3 Å². The molecule has 0 saturated carbocycles. The second-order valence-corrected chi connectivity index (χ2v) is 12.2. The first kappa shape index (κ1) is 28.1. The van der Waals surface area contributed by atoms with Crippen molar-refractivity contribution in [2.24, 2.45) is 0 Å². The van der Waals surface area contributed by atoms with E-state index in [1.807, 2.05) is 79.6 Å². The van der Waals surface area contributed by atoms with Gasteiger partial charge in [-0.3, -0.25) is 9.63 Å². The monoisotopic (exact) mass is 522 g/mol. The van der Waals surface area contributed by atoms with Crippen molar-refractivity contribution in [3.63, 3.8) is 0 Å². The van der Waals surface area contributed by atoms with Crippen LogP contribution < -0.4 is 4.74 Å². The van der Waals surface area contributed by atoms with E-state index >= 15 is 0 Å². The van der Waals surface area contributed by atoms with Crippen molar-refractivity contribution in [1.29, 1.82) is 0 Å². The maximum absolute atomic E-state index is 14.2. The van der Waals surface area contributed by atoms with Gasteiger partial charge in [0, 0.05) is 17.5 Å². The highest BCUT2D eigenvalue weighted by Gasteiger charge is 2.53. The van der Waals surface area contributed by atoms with Crippen LogP contribution in [0.2, 0.25) is 0 Å². The first-order chi connectivity index (χ1) is 17.9. The Labute approximate surface area is 227 Å². The number of benzene rings is 2. The molecule has 4 rings (SSSR count). The third-order valence-corrected chi connectivity index (χ3v) is 7.75. The van der Waals surface area contributed by atoms with Crippen molar-refractivity contribution in [3.8, 4) is 5.75 Å². The van der Waals surface area contributed by atoms with Gasteiger partial charge in [0.25, 0.3) is 5.91 Å². The summed E-state index contributed by atoms with van der Waals surface area (Å²) >= 11 is 0. The lowest BCUT2D eigenvalue weighted by Gasteiger charge is -2.52. The largest absolute Gasteiger partial charge is 0.493 e. The molecule has 2 aromatic carbocycles. The minimum absolute atomic E-state index is 0.269. The van der Waals surface area contributed by atoms with E-state index in [4.69, 9.17) is 14.3 Å².